The zero-order chi connectivity index (χ0) is 25.5. The van der Waals surface area contributed by atoms with Crippen LogP contribution in [0.25, 0.3) is 0 Å². The fourth-order valence-corrected chi connectivity index (χ4v) is 6.07. The van der Waals surface area contributed by atoms with Gasteiger partial charge >= 0.3 is 0 Å². The number of aliphatic hydroxyl groups excluding tert-OH is 2. The summed E-state index contributed by atoms with van der Waals surface area (Å²) < 4.78 is 39.3. The molecule has 14 heteroatoms. The summed E-state index contributed by atoms with van der Waals surface area (Å²) in [6.07, 6.45) is 0.427. The minimum absolute atomic E-state index is 0.0565. The van der Waals surface area contributed by atoms with Crippen molar-refractivity contribution in [2.24, 2.45) is 0 Å². The molecule has 2 rings (SSSR count). The molecule has 1 aromatic carbocycles. The first-order valence-corrected chi connectivity index (χ1v) is 17.2. The highest BCUT2D eigenvalue weighted by molar-refractivity contribution is 7.99. The van der Waals surface area contributed by atoms with Crippen LogP contribution in [0, 0.1) is 0 Å². The van der Waals surface area contributed by atoms with Gasteiger partial charge in [-0.05, 0) is 18.2 Å². The van der Waals surface area contributed by atoms with Gasteiger partial charge < -0.3 is 19.7 Å². The molecule has 0 bridgehead atoms. The number of anilines is 1. The number of hydrogen-bond acceptors (Lipinski definition) is 9. The molecule has 1 unspecified atom stereocenters. The van der Waals surface area contributed by atoms with Crippen molar-refractivity contribution in [2.45, 2.75) is 41.7 Å². The van der Waals surface area contributed by atoms with Crippen LogP contribution in [-0.2, 0) is 14.8 Å². The van der Waals surface area contributed by atoms with Crippen molar-refractivity contribution < 1.29 is 28.1 Å². The molecule has 0 spiro atoms. The molecule has 0 aliphatic rings. The number of nitrogens with zero attached hydrogens (tertiary/aromatic N) is 3. The number of ether oxygens (including phenoxy) is 2. The second-order valence-electron chi connectivity index (χ2n) is 8.44. The van der Waals surface area contributed by atoms with E-state index in [-0.39, 0.29) is 39.1 Å². The lowest BCUT2D eigenvalue weighted by Crippen LogP contribution is -2.35. The van der Waals surface area contributed by atoms with E-state index in [2.05, 4.69) is 29.6 Å². The summed E-state index contributed by atoms with van der Waals surface area (Å²) in [5.74, 6) is 0.0331. The Hall–Kier alpha value is -1.12. The van der Waals surface area contributed by atoms with Crippen molar-refractivity contribution in [1.82, 2.24) is 9.97 Å². The van der Waals surface area contributed by atoms with Crippen molar-refractivity contribution in [3.8, 4) is 5.88 Å². The molecule has 1 heterocycles. The topological polar surface area (TPSA) is 122 Å². The first kappa shape index (κ1) is 29.1. The number of aliphatic hydroxyl groups is 2. The van der Waals surface area contributed by atoms with Crippen LogP contribution in [0.3, 0.4) is 0 Å². The number of halogens is 2. The molecule has 0 saturated carbocycles. The molecule has 190 valence electrons. The highest BCUT2D eigenvalue weighted by atomic mass is 35.5. The van der Waals surface area contributed by atoms with Gasteiger partial charge in [0.25, 0.3) is 15.9 Å². The van der Waals surface area contributed by atoms with E-state index in [0.717, 1.165) is 22.1 Å². The highest BCUT2D eigenvalue weighted by Gasteiger charge is 2.32. The molecule has 9 nitrogen and oxygen atoms in total. The summed E-state index contributed by atoms with van der Waals surface area (Å²) in [4.78, 5) is 8.37. The summed E-state index contributed by atoms with van der Waals surface area (Å²) in [5, 5.41) is 18.9. The quantitative estimate of drug-likeness (QED) is 0.161. The summed E-state index contributed by atoms with van der Waals surface area (Å²) >= 11 is 13.4. The van der Waals surface area contributed by atoms with E-state index in [0.29, 0.717) is 11.6 Å². The Morgan fingerprint density at radius 2 is 1.97 bits per heavy atom. The SMILES string of the molecule is COc1nc(SCC(O)CO)cnc1N(COCC[Si](C)(C)C)S(=O)(=O)c1cccc(Cl)c1Cl. The molecule has 0 aliphatic carbocycles. The maximum Gasteiger partial charge on any atom is 0.269 e. The Bertz CT molecular complexity index is 1070. The largest absolute Gasteiger partial charge is 0.478 e. The van der Waals surface area contributed by atoms with E-state index < -0.39 is 30.8 Å². The normalized spacial score (nSPS) is 13.1. The van der Waals surface area contributed by atoms with Gasteiger partial charge in [-0.15, -0.1) is 11.8 Å². The smallest absolute Gasteiger partial charge is 0.269 e. The van der Waals surface area contributed by atoms with Crippen molar-refractivity contribution in [3.05, 3.63) is 34.4 Å². The maximum atomic E-state index is 13.6. The van der Waals surface area contributed by atoms with Gasteiger partial charge in [-0.25, -0.2) is 22.7 Å². The van der Waals surface area contributed by atoms with Crippen LogP contribution in [0.4, 0.5) is 5.82 Å². The van der Waals surface area contributed by atoms with Crippen molar-refractivity contribution in [1.29, 1.82) is 0 Å². The van der Waals surface area contributed by atoms with Gasteiger partial charge in [0.15, 0.2) is 0 Å². The van der Waals surface area contributed by atoms with E-state index >= 15 is 0 Å². The molecule has 1 aromatic heterocycles. The van der Waals surface area contributed by atoms with Gasteiger partial charge in [-0.1, -0.05) is 48.9 Å². The number of methoxy groups -OCH3 is 1. The van der Waals surface area contributed by atoms with E-state index in [1.165, 1.54) is 31.5 Å². The third-order valence-corrected chi connectivity index (χ3v) is 9.89. The van der Waals surface area contributed by atoms with Gasteiger partial charge in [-0.3, -0.25) is 0 Å². The number of sulfonamides is 1. The minimum Gasteiger partial charge on any atom is -0.478 e. The Morgan fingerprint density at radius 3 is 2.59 bits per heavy atom. The van der Waals surface area contributed by atoms with Crippen LogP contribution in [0.2, 0.25) is 35.7 Å². The molecule has 0 radical (unpaired) electrons. The third-order valence-electron chi connectivity index (χ3n) is 4.45. The van der Waals surface area contributed by atoms with Crippen molar-refractivity contribution in [2.75, 3.05) is 37.1 Å². The number of aromatic nitrogens is 2. The molecule has 2 aromatic rings. The summed E-state index contributed by atoms with van der Waals surface area (Å²) in [7, 11) is -4.32. The highest BCUT2D eigenvalue weighted by Crippen LogP contribution is 2.35. The zero-order valence-corrected chi connectivity index (χ0v) is 23.5. The predicted octanol–water partition coefficient (Wildman–Crippen LogP) is 3.74. The van der Waals surface area contributed by atoms with Gasteiger partial charge in [0.2, 0.25) is 5.82 Å². The van der Waals surface area contributed by atoms with Crippen LogP contribution in [0.15, 0.2) is 34.3 Å². The lowest BCUT2D eigenvalue weighted by molar-refractivity contribution is 0.113. The summed E-state index contributed by atoms with van der Waals surface area (Å²) in [6.45, 7) is 6.21. The maximum absolute atomic E-state index is 13.6. The third kappa shape index (κ3) is 7.95. The molecule has 1 atom stereocenters. The summed E-state index contributed by atoms with van der Waals surface area (Å²) in [6, 6.07) is 5.16. The first-order chi connectivity index (χ1) is 15.9. The number of rotatable bonds is 13. The van der Waals surface area contributed by atoms with Crippen LogP contribution in [-0.4, -0.2) is 75.6 Å². The van der Waals surface area contributed by atoms with Gasteiger partial charge in [-0.2, -0.15) is 0 Å². The van der Waals surface area contributed by atoms with Gasteiger partial charge in [0.1, 0.15) is 16.7 Å². The lowest BCUT2D eigenvalue weighted by atomic mass is 10.4. The molecule has 0 fully saturated rings. The van der Waals surface area contributed by atoms with Crippen LogP contribution in [0.1, 0.15) is 0 Å². The van der Waals surface area contributed by atoms with Crippen LogP contribution in [0.5, 0.6) is 5.88 Å². The Labute approximate surface area is 215 Å². The van der Waals surface area contributed by atoms with Gasteiger partial charge in [0, 0.05) is 20.4 Å². The van der Waals surface area contributed by atoms with E-state index in [1.54, 1.807) is 0 Å². The number of hydrogen-bond donors (Lipinski definition) is 2. The second kappa shape index (κ2) is 12.7. The molecule has 0 aliphatic heterocycles. The lowest BCUT2D eigenvalue weighted by Gasteiger charge is -2.25. The minimum atomic E-state index is -4.26. The zero-order valence-electron chi connectivity index (χ0n) is 19.4. The van der Waals surface area contributed by atoms with E-state index in [9.17, 15) is 13.5 Å². The van der Waals surface area contributed by atoms with E-state index in [4.69, 9.17) is 37.8 Å². The first-order valence-electron chi connectivity index (χ1n) is 10.3. The van der Waals surface area contributed by atoms with Gasteiger partial charge in [0.05, 0.1) is 36.1 Å². The second-order valence-corrected chi connectivity index (χ2v) is 17.7. The molecular weight excluding hydrogens is 541 g/mol. The Kier molecular flexibility index (Phi) is 10.9. The Balaban J connectivity index is 2.45. The molecular formula is C20H29Cl2N3O6S2Si. The molecule has 34 heavy (non-hydrogen) atoms. The van der Waals surface area contributed by atoms with Crippen LogP contribution < -0.4 is 9.04 Å². The monoisotopic (exact) mass is 569 g/mol. The fraction of sp³-hybridized carbons (Fsp3) is 0.500. The number of benzene rings is 1. The predicted molar refractivity (Wildman–Crippen MR) is 137 cm³/mol. The van der Waals surface area contributed by atoms with Crippen molar-refractivity contribution >= 4 is 58.9 Å². The fourth-order valence-electron chi connectivity index (χ4n) is 2.53. The molecule has 0 amide bonds. The standard InChI is InChI=1S/C20H29Cl2N3O6S2Si/c1-30-20-19(23-10-17(24-20)32-12-14(27)11-26)25(13-31-8-9-34(2,3)4)33(28,29)16-7-5-6-15(21)18(16)22/h5-7,10,14,26-27H,8-9,11-13H2,1-4H3. The van der Waals surface area contributed by atoms with Crippen LogP contribution >= 0.6 is 35.0 Å². The van der Waals surface area contributed by atoms with E-state index in [1.807, 2.05) is 0 Å². The summed E-state index contributed by atoms with van der Waals surface area (Å²) in [5.41, 5.74) is 0. The molecule has 0 saturated heterocycles. The average molecular weight is 571 g/mol. The average Bonchev–Trinajstić information content (AvgIpc) is 2.78. The Morgan fingerprint density at radius 1 is 1.26 bits per heavy atom. The molecule has 2 N–H and O–H groups in total. The van der Waals surface area contributed by atoms with Crippen molar-refractivity contribution in [3.63, 3.8) is 0 Å². The number of thioether (sulfide) groups is 1.